The summed E-state index contributed by atoms with van der Waals surface area (Å²) in [6.07, 6.45) is -0.0206. The Morgan fingerprint density at radius 3 is 1.46 bits per heavy atom. The Hall–Kier alpha value is -4.59. The van der Waals surface area contributed by atoms with E-state index in [1.54, 1.807) is 7.11 Å². The maximum Gasteiger partial charge on any atom is 0.111 e. The molecule has 294 valence electrons. The standard InChI is InChI=1S/C51H53ClO5/c1-3-37-24-26-38(27-25-37)30-44-31-43(28-29-46(44)52)47-48(53-2)45(36-54-32-39-16-8-4-9-17-39)49(55-33-40-18-10-5-11-19-40)51(57-35-42-22-14-7-15-23-42)50(47)56-34-41-20-12-6-13-21-41/h4-29,31,45,47-51H,3,30,32-36H2,1-2H3/t45-,47+,48-,49+,50-,51-/m0/s1. The molecule has 1 fully saturated rings. The van der Waals surface area contributed by atoms with Crippen molar-refractivity contribution in [2.24, 2.45) is 5.92 Å². The predicted molar refractivity (Wildman–Crippen MR) is 228 cm³/mol. The fourth-order valence-corrected chi connectivity index (χ4v) is 8.19. The highest BCUT2D eigenvalue weighted by Gasteiger charge is 2.54. The number of hydrogen-bond donors (Lipinski definition) is 0. The molecule has 0 radical (unpaired) electrons. The molecule has 5 nitrogen and oxygen atoms in total. The minimum absolute atomic E-state index is 0.217. The molecular weight excluding hydrogens is 728 g/mol. The lowest BCUT2D eigenvalue weighted by Gasteiger charge is -2.50. The Morgan fingerprint density at radius 2 is 0.947 bits per heavy atom. The van der Waals surface area contributed by atoms with E-state index in [1.165, 1.54) is 11.1 Å². The van der Waals surface area contributed by atoms with E-state index in [0.29, 0.717) is 39.5 Å². The van der Waals surface area contributed by atoms with Crippen LogP contribution in [-0.2, 0) is 63.0 Å². The first-order valence-corrected chi connectivity index (χ1v) is 20.4. The lowest BCUT2D eigenvalue weighted by molar-refractivity contribution is -0.232. The molecule has 0 unspecified atom stereocenters. The van der Waals surface area contributed by atoms with Gasteiger partial charge in [0.2, 0.25) is 0 Å². The van der Waals surface area contributed by atoms with Crippen LogP contribution in [0.25, 0.3) is 0 Å². The molecule has 6 aromatic rings. The molecule has 6 atom stereocenters. The van der Waals surface area contributed by atoms with Crippen LogP contribution in [0.1, 0.15) is 57.3 Å². The fraction of sp³-hybridized carbons (Fsp3) is 0.294. The van der Waals surface area contributed by atoms with Crippen molar-refractivity contribution in [1.82, 2.24) is 0 Å². The summed E-state index contributed by atoms with van der Waals surface area (Å²) >= 11 is 6.99. The molecule has 0 amide bonds. The topological polar surface area (TPSA) is 46.2 Å². The third-order valence-corrected chi connectivity index (χ3v) is 11.4. The van der Waals surface area contributed by atoms with Gasteiger partial charge in [-0.1, -0.05) is 176 Å². The van der Waals surface area contributed by atoms with E-state index in [4.69, 9.17) is 35.3 Å². The van der Waals surface area contributed by atoms with Crippen molar-refractivity contribution in [1.29, 1.82) is 0 Å². The summed E-state index contributed by atoms with van der Waals surface area (Å²) in [7, 11) is 1.79. The monoisotopic (exact) mass is 780 g/mol. The maximum absolute atomic E-state index is 7.13. The largest absolute Gasteiger partial charge is 0.380 e. The van der Waals surface area contributed by atoms with Gasteiger partial charge in [0.25, 0.3) is 0 Å². The summed E-state index contributed by atoms with van der Waals surface area (Å²) in [6, 6.07) is 56.4. The molecule has 0 saturated heterocycles. The molecule has 0 heterocycles. The van der Waals surface area contributed by atoms with Crippen molar-refractivity contribution in [3.05, 3.63) is 213 Å². The van der Waals surface area contributed by atoms with Crippen LogP contribution in [0.15, 0.2) is 164 Å². The number of aryl methyl sites for hydroxylation is 1. The van der Waals surface area contributed by atoms with Crippen LogP contribution in [0.2, 0.25) is 5.02 Å². The van der Waals surface area contributed by atoms with Crippen LogP contribution in [0, 0.1) is 5.92 Å². The molecule has 0 spiro atoms. The van der Waals surface area contributed by atoms with E-state index in [9.17, 15) is 0 Å². The molecule has 6 aromatic carbocycles. The molecule has 0 aromatic heterocycles. The first-order valence-electron chi connectivity index (χ1n) is 20.1. The number of rotatable bonds is 18. The lowest BCUT2D eigenvalue weighted by Crippen LogP contribution is -2.61. The van der Waals surface area contributed by atoms with Gasteiger partial charge in [-0.15, -0.1) is 0 Å². The highest BCUT2D eigenvalue weighted by Crippen LogP contribution is 2.45. The minimum Gasteiger partial charge on any atom is -0.380 e. The molecule has 57 heavy (non-hydrogen) atoms. The third kappa shape index (κ3) is 10.9. The van der Waals surface area contributed by atoms with Crippen LogP contribution in [0.5, 0.6) is 0 Å². The summed E-state index contributed by atoms with van der Waals surface area (Å²) in [4.78, 5) is 0. The van der Waals surface area contributed by atoms with Gasteiger partial charge in [0.05, 0.1) is 51.3 Å². The average molecular weight is 781 g/mol. The van der Waals surface area contributed by atoms with Crippen LogP contribution in [-0.4, -0.2) is 38.1 Å². The predicted octanol–water partition coefficient (Wildman–Crippen LogP) is 11.2. The lowest BCUT2D eigenvalue weighted by atomic mass is 9.70. The first-order chi connectivity index (χ1) is 28.1. The third-order valence-electron chi connectivity index (χ3n) is 11.0. The zero-order valence-electron chi connectivity index (χ0n) is 32.9. The van der Waals surface area contributed by atoms with E-state index in [-0.39, 0.29) is 17.9 Å². The molecule has 6 heteroatoms. The summed E-state index contributed by atoms with van der Waals surface area (Å²) in [5.74, 6) is -0.467. The molecule has 1 saturated carbocycles. The molecular formula is C51H53ClO5. The smallest absolute Gasteiger partial charge is 0.111 e. The van der Waals surface area contributed by atoms with Crippen molar-refractivity contribution in [3.63, 3.8) is 0 Å². The summed E-state index contributed by atoms with van der Waals surface area (Å²) < 4.78 is 34.5. The van der Waals surface area contributed by atoms with Crippen LogP contribution < -0.4 is 0 Å². The fourth-order valence-electron chi connectivity index (χ4n) is 8.01. The van der Waals surface area contributed by atoms with Gasteiger partial charge in [0, 0.05) is 24.0 Å². The maximum atomic E-state index is 7.13. The molecule has 0 N–H and O–H groups in total. The molecule has 1 aliphatic carbocycles. The van der Waals surface area contributed by atoms with Gasteiger partial charge in [0.1, 0.15) is 6.10 Å². The van der Waals surface area contributed by atoms with Gasteiger partial charge in [0.15, 0.2) is 0 Å². The van der Waals surface area contributed by atoms with Crippen molar-refractivity contribution < 1.29 is 23.7 Å². The number of halogens is 1. The van der Waals surface area contributed by atoms with Crippen LogP contribution >= 0.6 is 11.6 Å². The van der Waals surface area contributed by atoms with Crippen LogP contribution in [0.4, 0.5) is 0 Å². The van der Waals surface area contributed by atoms with Crippen molar-refractivity contribution in [2.75, 3.05) is 13.7 Å². The second-order valence-electron chi connectivity index (χ2n) is 14.9. The summed E-state index contributed by atoms with van der Waals surface area (Å²) in [5, 5.41) is 0.730. The Kier molecular flexibility index (Phi) is 14.8. The van der Waals surface area contributed by atoms with E-state index >= 15 is 0 Å². The highest BCUT2D eigenvalue weighted by atomic mass is 35.5. The van der Waals surface area contributed by atoms with Gasteiger partial charge in [-0.25, -0.2) is 0 Å². The van der Waals surface area contributed by atoms with E-state index in [0.717, 1.165) is 44.8 Å². The van der Waals surface area contributed by atoms with Crippen molar-refractivity contribution >= 4 is 11.6 Å². The second-order valence-corrected chi connectivity index (χ2v) is 15.3. The van der Waals surface area contributed by atoms with Gasteiger partial charge in [-0.05, 0) is 63.4 Å². The van der Waals surface area contributed by atoms with Crippen LogP contribution in [0.3, 0.4) is 0 Å². The van der Waals surface area contributed by atoms with Crippen molar-refractivity contribution in [2.45, 2.75) is 76.5 Å². The average Bonchev–Trinajstić information content (AvgIpc) is 3.27. The Bertz CT molecular complexity index is 2060. The SMILES string of the molecule is CCc1ccc(Cc2cc([C@H]3[C@H](OCc4ccccc4)[C@@H](OCc4ccccc4)[C@H](OCc4ccccc4)[C@@H](COCc4ccccc4)[C@@H]3OC)ccc2Cl)cc1. The Balaban J connectivity index is 1.30. The van der Waals surface area contributed by atoms with Crippen molar-refractivity contribution in [3.8, 4) is 0 Å². The first kappa shape index (κ1) is 40.6. The summed E-state index contributed by atoms with van der Waals surface area (Å²) in [5.41, 5.74) is 8.99. The zero-order chi connectivity index (χ0) is 39.2. The minimum atomic E-state index is -0.486. The molecule has 0 aliphatic heterocycles. The quantitative estimate of drug-likeness (QED) is 0.0869. The number of methoxy groups -OCH3 is 1. The normalized spacial score (nSPS) is 20.7. The van der Waals surface area contributed by atoms with Gasteiger partial charge in [-0.2, -0.15) is 0 Å². The zero-order valence-corrected chi connectivity index (χ0v) is 33.7. The molecule has 7 rings (SSSR count). The Morgan fingerprint density at radius 1 is 0.474 bits per heavy atom. The highest BCUT2D eigenvalue weighted by molar-refractivity contribution is 6.31. The molecule has 0 bridgehead atoms. The van der Waals surface area contributed by atoms with Gasteiger partial charge < -0.3 is 23.7 Å². The number of hydrogen-bond acceptors (Lipinski definition) is 5. The Labute approximate surface area is 343 Å². The number of benzene rings is 6. The van der Waals surface area contributed by atoms with Gasteiger partial charge >= 0.3 is 0 Å². The summed E-state index contributed by atoms with van der Waals surface area (Å²) in [6.45, 7) is 4.23. The van der Waals surface area contributed by atoms with Gasteiger partial charge in [-0.3, -0.25) is 0 Å². The van der Waals surface area contributed by atoms with E-state index in [1.807, 2.05) is 78.9 Å². The molecule has 1 aliphatic rings. The van der Waals surface area contributed by atoms with E-state index < -0.39 is 18.3 Å². The van der Waals surface area contributed by atoms with E-state index in [2.05, 4.69) is 91.9 Å². The number of ether oxygens (including phenoxy) is 5. The second kappa shape index (κ2) is 20.7.